The summed E-state index contributed by atoms with van der Waals surface area (Å²) in [6, 6.07) is -0.309. The summed E-state index contributed by atoms with van der Waals surface area (Å²) in [4.78, 5) is 12.1. The number of hydrogen-bond donors (Lipinski definition) is 2. The van der Waals surface area contributed by atoms with Gasteiger partial charge in [0.1, 0.15) is 0 Å². The van der Waals surface area contributed by atoms with Gasteiger partial charge in [-0.2, -0.15) is 0 Å². The second-order valence-electron chi connectivity index (χ2n) is 2.08. The molecule has 0 radical (unpaired) electrons. The van der Waals surface area contributed by atoms with E-state index < -0.39 is 0 Å². The topological polar surface area (TPSA) is 58.4 Å². The highest BCUT2D eigenvalue weighted by Gasteiger charge is 2.11. The first kappa shape index (κ1) is 17.4. The second-order valence-corrected chi connectivity index (χ2v) is 2.08. The molecular weight excluding hydrogens is 154 g/mol. The van der Waals surface area contributed by atoms with Crippen molar-refractivity contribution in [3.8, 4) is 0 Å². The summed E-state index contributed by atoms with van der Waals surface area (Å²) in [5.41, 5.74) is 5.03. The Bertz CT molecular complexity index is 111. The normalized spacial score (nSPS) is 14.8. The van der Waals surface area contributed by atoms with Gasteiger partial charge >= 0.3 is 6.03 Å². The number of rotatable bonds is 0. The van der Waals surface area contributed by atoms with Crippen LogP contribution in [-0.2, 0) is 0 Å². The quantitative estimate of drug-likeness (QED) is 0.577. The molecule has 0 aromatic heterocycles. The van der Waals surface area contributed by atoms with Gasteiger partial charge in [-0.15, -0.1) is 0 Å². The Morgan fingerprint density at radius 2 is 1.58 bits per heavy atom. The number of nitrogens with one attached hydrogen (secondary N) is 1. The van der Waals surface area contributed by atoms with Crippen molar-refractivity contribution in [2.45, 2.75) is 22.3 Å². The average molecular weight is 177 g/mol. The maximum Gasteiger partial charge on any atom is 0.314 e. The number of nitrogens with two attached hydrogens (primary N) is 1. The number of amides is 2. The van der Waals surface area contributed by atoms with Crippen molar-refractivity contribution in [2.75, 3.05) is 26.2 Å². The predicted molar refractivity (Wildman–Crippen MR) is 54.2 cm³/mol. The summed E-state index contributed by atoms with van der Waals surface area (Å²) in [6.45, 7) is 3.22. The number of nitrogens with zero attached hydrogens (tertiary/aromatic N) is 1. The minimum absolute atomic E-state index is 0. The van der Waals surface area contributed by atoms with Gasteiger partial charge in [0.2, 0.25) is 0 Å². The molecular formula is C8H23N3O. The van der Waals surface area contributed by atoms with Crippen LogP contribution in [0.4, 0.5) is 4.79 Å². The smallest absolute Gasteiger partial charge is 0.314 e. The third-order valence-electron chi connectivity index (χ3n) is 1.43. The van der Waals surface area contributed by atoms with Gasteiger partial charge in [0, 0.05) is 26.2 Å². The van der Waals surface area contributed by atoms with Crippen molar-refractivity contribution in [3.05, 3.63) is 0 Å². The number of piperazine rings is 1. The summed E-state index contributed by atoms with van der Waals surface area (Å²) < 4.78 is 0. The van der Waals surface area contributed by atoms with Crippen LogP contribution in [0.5, 0.6) is 0 Å². The lowest BCUT2D eigenvalue weighted by Gasteiger charge is -2.25. The number of carbonyl (C=O) groups excluding carboxylic acids is 1. The first-order valence-corrected chi connectivity index (χ1v) is 3.06. The van der Waals surface area contributed by atoms with Gasteiger partial charge in [0.25, 0.3) is 0 Å². The zero-order valence-electron chi connectivity index (χ0n) is 5.26. The monoisotopic (exact) mass is 177 g/mol. The van der Waals surface area contributed by atoms with Crippen LogP contribution in [-0.4, -0.2) is 37.1 Å². The van der Waals surface area contributed by atoms with E-state index in [1.54, 1.807) is 4.90 Å². The van der Waals surface area contributed by atoms with Crippen molar-refractivity contribution in [1.29, 1.82) is 0 Å². The van der Waals surface area contributed by atoms with E-state index in [0.29, 0.717) is 0 Å². The van der Waals surface area contributed by atoms with Gasteiger partial charge in [-0.25, -0.2) is 4.79 Å². The molecule has 0 bridgehead atoms. The van der Waals surface area contributed by atoms with E-state index >= 15 is 0 Å². The van der Waals surface area contributed by atoms with E-state index in [0.717, 1.165) is 26.2 Å². The Labute approximate surface area is 76.1 Å². The summed E-state index contributed by atoms with van der Waals surface area (Å²) >= 11 is 0. The second kappa shape index (κ2) is 8.33. The van der Waals surface area contributed by atoms with Crippen LogP contribution < -0.4 is 11.1 Å². The highest BCUT2D eigenvalue weighted by molar-refractivity contribution is 5.72. The molecule has 12 heavy (non-hydrogen) atoms. The fourth-order valence-electron chi connectivity index (χ4n) is 0.885. The molecule has 0 spiro atoms. The van der Waals surface area contributed by atoms with Crippen LogP contribution >= 0.6 is 0 Å². The largest absolute Gasteiger partial charge is 0.351 e. The molecule has 0 aromatic carbocycles. The summed E-state index contributed by atoms with van der Waals surface area (Å²) in [5.74, 6) is 0. The van der Waals surface area contributed by atoms with Gasteiger partial charge in [-0.1, -0.05) is 22.3 Å². The molecule has 0 unspecified atom stereocenters. The Morgan fingerprint density at radius 1 is 1.17 bits per heavy atom. The summed E-state index contributed by atoms with van der Waals surface area (Å²) in [5, 5.41) is 3.12. The van der Waals surface area contributed by atoms with Gasteiger partial charge in [-0.05, 0) is 0 Å². The predicted octanol–water partition coefficient (Wildman–Crippen LogP) is 0.879. The molecule has 1 fully saturated rings. The number of urea groups is 1. The maximum absolute atomic E-state index is 10.5. The maximum atomic E-state index is 10.5. The third-order valence-corrected chi connectivity index (χ3v) is 1.43. The molecule has 4 nitrogen and oxygen atoms in total. The van der Waals surface area contributed by atoms with E-state index in [4.69, 9.17) is 5.73 Å². The molecule has 76 valence electrons. The average Bonchev–Trinajstić information content (AvgIpc) is 1.90. The van der Waals surface area contributed by atoms with E-state index in [1.165, 1.54) is 0 Å². The molecule has 1 heterocycles. The van der Waals surface area contributed by atoms with Crippen LogP contribution in [0.3, 0.4) is 0 Å². The van der Waals surface area contributed by atoms with Crippen LogP contribution in [0.2, 0.25) is 0 Å². The zero-order valence-corrected chi connectivity index (χ0v) is 5.26. The van der Waals surface area contributed by atoms with Crippen LogP contribution in [0.15, 0.2) is 0 Å². The standard InChI is InChI=1S/C5H11N3O.3CH4/c6-5(9)8-3-1-7-2-4-8;;;/h7H,1-4H2,(H2,6,9);3*1H4. The molecule has 3 N–H and O–H groups in total. The van der Waals surface area contributed by atoms with Crippen molar-refractivity contribution in [2.24, 2.45) is 5.73 Å². The highest BCUT2D eigenvalue weighted by Crippen LogP contribution is 1.89. The van der Waals surface area contributed by atoms with Crippen LogP contribution in [0.1, 0.15) is 22.3 Å². The van der Waals surface area contributed by atoms with Crippen LogP contribution in [0, 0.1) is 0 Å². The van der Waals surface area contributed by atoms with Gasteiger partial charge < -0.3 is 16.0 Å². The number of primary amides is 1. The molecule has 0 saturated carbocycles. The fraction of sp³-hybridized carbons (Fsp3) is 0.875. The molecule has 0 aromatic rings. The zero-order chi connectivity index (χ0) is 6.69. The Morgan fingerprint density at radius 3 is 1.83 bits per heavy atom. The SMILES string of the molecule is C.C.C.NC(=O)N1CCNCC1. The van der Waals surface area contributed by atoms with Crippen molar-refractivity contribution in [1.82, 2.24) is 10.2 Å². The summed E-state index contributed by atoms with van der Waals surface area (Å²) in [6.07, 6.45) is 0. The molecule has 2 amide bonds. The fourth-order valence-corrected chi connectivity index (χ4v) is 0.885. The van der Waals surface area contributed by atoms with E-state index in [-0.39, 0.29) is 28.3 Å². The Kier molecular flexibility index (Phi) is 12.0. The highest BCUT2D eigenvalue weighted by atomic mass is 16.2. The van der Waals surface area contributed by atoms with Gasteiger partial charge in [-0.3, -0.25) is 0 Å². The summed E-state index contributed by atoms with van der Waals surface area (Å²) in [7, 11) is 0. The molecule has 1 aliphatic heterocycles. The first-order valence-electron chi connectivity index (χ1n) is 3.06. The van der Waals surface area contributed by atoms with Gasteiger partial charge in [0.05, 0.1) is 0 Å². The molecule has 4 heteroatoms. The van der Waals surface area contributed by atoms with Crippen LogP contribution in [0.25, 0.3) is 0 Å². The molecule has 1 rings (SSSR count). The number of hydrogen-bond acceptors (Lipinski definition) is 2. The lowest BCUT2D eigenvalue weighted by Crippen LogP contribution is -2.48. The number of carbonyl (C=O) groups is 1. The first-order chi connectivity index (χ1) is 4.30. The Hall–Kier alpha value is -0.770. The van der Waals surface area contributed by atoms with E-state index in [2.05, 4.69) is 5.32 Å². The molecule has 1 saturated heterocycles. The van der Waals surface area contributed by atoms with Crippen molar-refractivity contribution in [3.63, 3.8) is 0 Å². The van der Waals surface area contributed by atoms with Crippen molar-refractivity contribution >= 4 is 6.03 Å². The van der Waals surface area contributed by atoms with E-state index in [1.807, 2.05) is 0 Å². The lowest BCUT2D eigenvalue weighted by atomic mass is 10.4. The molecule has 0 aliphatic carbocycles. The Balaban J connectivity index is -0.000000270. The minimum Gasteiger partial charge on any atom is -0.351 e. The third kappa shape index (κ3) is 4.96. The molecule has 0 atom stereocenters. The van der Waals surface area contributed by atoms with Gasteiger partial charge in [0.15, 0.2) is 0 Å². The van der Waals surface area contributed by atoms with Crippen molar-refractivity contribution < 1.29 is 4.79 Å². The molecule has 1 aliphatic rings. The lowest BCUT2D eigenvalue weighted by molar-refractivity contribution is 0.200. The van der Waals surface area contributed by atoms with E-state index in [9.17, 15) is 4.79 Å². The minimum atomic E-state index is -0.309.